The van der Waals surface area contributed by atoms with Gasteiger partial charge in [-0.25, -0.2) is 9.97 Å². The van der Waals surface area contributed by atoms with Gasteiger partial charge in [-0.2, -0.15) is 11.8 Å². The third-order valence-electron chi connectivity index (χ3n) is 5.24. The molecule has 0 spiro atoms. The molecule has 0 amide bonds. The first kappa shape index (κ1) is 19.5. The third-order valence-corrected chi connectivity index (χ3v) is 6.78. The lowest BCUT2D eigenvalue weighted by Gasteiger charge is -2.32. The van der Waals surface area contributed by atoms with E-state index in [1.54, 1.807) is 0 Å². The number of hydrogen-bond acceptors (Lipinski definition) is 6. The predicted octanol–water partition coefficient (Wildman–Crippen LogP) is 3.60. The Morgan fingerprint density at radius 3 is 2.76 bits per heavy atom. The van der Waals surface area contributed by atoms with Crippen molar-refractivity contribution < 1.29 is 0 Å². The van der Waals surface area contributed by atoms with Gasteiger partial charge in [0.15, 0.2) is 5.16 Å². The molecule has 0 saturated carbocycles. The summed E-state index contributed by atoms with van der Waals surface area (Å²) in [6.45, 7) is 7.38. The molecule has 4 nitrogen and oxygen atoms in total. The van der Waals surface area contributed by atoms with Gasteiger partial charge in [-0.1, -0.05) is 11.8 Å². The number of thioether (sulfide) groups is 2. The summed E-state index contributed by atoms with van der Waals surface area (Å²) in [6, 6.07) is 2.14. The van der Waals surface area contributed by atoms with Crippen molar-refractivity contribution in [3.05, 3.63) is 18.0 Å². The summed E-state index contributed by atoms with van der Waals surface area (Å²) in [5, 5.41) is 0.969. The summed E-state index contributed by atoms with van der Waals surface area (Å²) in [5.41, 5.74) is 1.26. The normalized spacial score (nSPS) is 22.5. The highest BCUT2D eigenvalue weighted by atomic mass is 32.2. The molecule has 2 aliphatic heterocycles. The van der Waals surface area contributed by atoms with Gasteiger partial charge in [-0.15, -0.1) is 0 Å². The summed E-state index contributed by atoms with van der Waals surface area (Å²) in [6.07, 6.45) is 10.8. The minimum Gasteiger partial charge on any atom is -0.303 e. The molecule has 0 aliphatic carbocycles. The van der Waals surface area contributed by atoms with Crippen LogP contribution in [0.1, 0.15) is 43.7 Å². The lowest BCUT2D eigenvalue weighted by atomic mass is 9.94. The summed E-state index contributed by atoms with van der Waals surface area (Å²) in [7, 11) is 0. The van der Waals surface area contributed by atoms with Crippen LogP contribution in [0.5, 0.6) is 0 Å². The topological polar surface area (TPSA) is 32.3 Å². The standard InChI is InChI=1S/C19H32N4S2/c1-24-14-5-12-23-11-4-6-17(16-23)18-7-8-20-19(21-18)25-15-13-22-9-2-3-10-22/h7-8,17H,2-6,9-16H2,1H3. The highest BCUT2D eigenvalue weighted by Gasteiger charge is 2.22. The second kappa shape index (κ2) is 10.8. The van der Waals surface area contributed by atoms with Gasteiger partial charge >= 0.3 is 0 Å². The minimum atomic E-state index is 0.587. The zero-order chi connectivity index (χ0) is 17.3. The largest absolute Gasteiger partial charge is 0.303 e. The van der Waals surface area contributed by atoms with Gasteiger partial charge in [0, 0.05) is 36.7 Å². The molecule has 1 atom stereocenters. The van der Waals surface area contributed by atoms with E-state index in [1.807, 2.05) is 29.7 Å². The predicted molar refractivity (Wildman–Crippen MR) is 110 cm³/mol. The quantitative estimate of drug-likeness (QED) is 0.370. The molecule has 1 aromatic heterocycles. The monoisotopic (exact) mass is 380 g/mol. The van der Waals surface area contributed by atoms with Crippen LogP contribution >= 0.6 is 23.5 Å². The van der Waals surface area contributed by atoms with Gasteiger partial charge < -0.3 is 9.80 Å². The van der Waals surface area contributed by atoms with E-state index < -0.39 is 0 Å². The lowest BCUT2D eigenvalue weighted by Crippen LogP contribution is -2.35. The van der Waals surface area contributed by atoms with Gasteiger partial charge in [-0.3, -0.25) is 0 Å². The molecule has 25 heavy (non-hydrogen) atoms. The van der Waals surface area contributed by atoms with Crippen LogP contribution in [0, 0.1) is 0 Å². The number of hydrogen-bond donors (Lipinski definition) is 0. The highest BCUT2D eigenvalue weighted by Crippen LogP contribution is 2.27. The van der Waals surface area contributed by atoms with Crippen molar-refractivity contribution in [2.45, 2.75) is 43.2 Å². The van der Waals surface area contributed by atoms with E-state index in [0.717, 1.165) is 10.9 Å². The molecule has 0 radical (unpaired) electrons. The molecule has 1 aromatic rings. The molecule has 2 aliphatic rings. The van der Waals surface area contributed by atoms with E-state index in [0.29, 0.717) is 5.92 Å². The van der Waals surface area contributed by atoms with E-state index in [-0.39, 0.29) is 0 Å². The summed E-state index contributed by atoms with van der Waals surface area (Å²) in [4.78, 5) is 14.6. The second-order valence-corrected chi connectivity index (χ2v) is 9.20. The summed E-state index contributed by atoms with van der Waals surface area (Å²) in [5.74, 6) is 2.96. The van der Waals surface area contributed by atoms with Crippen LogP contribution in [-0.2, 0) is 0 Å². The molecule has 3 heterocycles. The molecule has 140 valence electrons. The Labute approximate surface area is 161 Å². The second-order valence-electron chi connectivity index (χ2n) is 7.15. The maximum Gasteiger partial charge on any atom is 0.187 e. The van der Waals surface area contributed by atoms with Gasteiger partial charge in [-0.05, 0) is 76.4 Å². The van der Waals surface area contributed by atoms with Crippen LogP contribution in [0.2, 0.25) is 0 Å². The van der Waals surface area contributed by atoms with E-state index >= 15 is 0 Å². The van der Waals surface area contributed by atoms with Crippen LogP contribution < -0.4 is 0 Å². The van der Waals surface area contributed by atoms with Crippen molar-refractivity contribution in [2.75, 3.05) is 57.0 Å². The fraction of sp³-hybridized carbons (Fsp3) is 0.789. The van der Waals surface area contributed by atoms with Crippen LogP contribution in [0.25, 0.3) is 0 Å². The first-order valence-corrected chi connectivity index (χ1v) is 12.1. The fourth-order valence-corrected chi connectivity index (χ4v) is 5.11. The van der Waals surface area contributed by atoms with Gasteiger partial charge in [0.05, 0.1) is 0 Å². The van der Waals surface area contributed by atoms with Crippen LogP contribution in [-0.4, -0.2) is 76.8 Å². The Balaban J connectivity index is 1.47. The fourth-order valence-electron chi connectivity index (χ4n) is 3.86. The molecule has 6 heteroatoms. The van der Waals surface area contributed by atoms with Gasteiger partial charge in [0.25, 0.3) is 0 Å². The number of aromatic nitrogens is 2. The Morgan fingerprint density at radius 1 is 1.08 bits per heavy atom. The molecule has 0 bridgehead atoms. The van der Waals surface area contributed by atoms with Crippen molar-refractivity contribution in [3.63, 3.8) is 0 Å². The highest BCUT2D eigenvalue weighted by molar-refractivity contribution is 7.99. The lowest BCUT2D eigenvalue weighted by molar-refractivity contribution is 0.206. The van der Waals surface area contributed by atoms with Crippen LogP contribution in [0.3, 0.4) is 0 Å². The van der Waals surface area contributed by atoms with Crippen LogP contribution in [0.4, 0.5) is 0 Å². The zero-order valence-corrected chi connectivity index (χ0v) is 17.2. The average Bonchev–Trinajstić information content (AvgIpc) is 3.16. The molecule has 0 N–H and O–H groups in total. The Bertz CT molecular complexity index is 508. The Kier molecular flexibility index (Phi) is 8.37. The minimum absolute atomic E-state index is 0.587. The third kappa shape index (κ3) is 6.42. The maximum absolute atomic E-state index is 4.89. The SMILES string of the molecule is CSCCCN1CCCC(c2ccnc(SCCN3CCCC3)n2)C1. The number of rotatable bonds is 9. The van der Waals surface area contributed by atoms with Crippen molar-refractivity contribution in [1.82, 2.24) is 19.8 Å². The average molecular weight is 381 g/mol. The molecule has 2 fully saturated rings. The molecule has 2 saturated heterocycles. The van der Waals surface area contributed by atoms with E-state index in [4.69, 9.17) is 4.98 Å². The smallest absolute Gasteiger partial charge is 0.187 e. The number of piperidine rings is 1. The van der Waals surface area contributed by atoms with Crippen LogP contribution in [0.15, 0.2) is 17.4 Å². The van der Waals surface area contributed by atoms with E-state index in [2.05, 4.69) is 27.1 Å². The number of likely N-dealkylation sites (tertiary alicyclic amines) is 2. The Hall–Kier alpha value is -0.300. The summed E-state index contributed by atoms with van der Waals surface area (Å²) < 4.78 is 0. The zero-order valence-electron chi connectivity index (χ0n) is 15.5. The molecule has 0 aromatic carbocycles. The van der Waals surface area contributed by atoms with E-state index in [9.17, 15) is 0 Å². The molecule has 3 rings (SSSR count). The Morgan fingerprint density at radius 2 is 1.92 bits per heavy atom. The molecular weight excluding hydrogens is 348 g/mol. The summed E-state index contributed by atoms with van der Waals surface area (Å²) >= 11 is 3.78. The number of nitrogens with zero attached hydrogens (tertiary/aromatic N) is 4. The first-order valence-electron chi connectivity index (χ1n) is 9.74. The van der Waals surface area contributed by atoms with Gasteiger partial charge in [0.1, 0.15) is 0 Å². The van der Waals surface area contributed by atoms with Crippen molar-refractivity contribution in [3.8, 4) is 0 Å². The molecular formula is C19H32N4S2. The first-order chi connectivity index (χ1) is 12.3. The molecule has 1 unspecified atom stereocenters. The van der Waals surface area contributed by atoms with E-state index in [1.165, 1.54) is 82.8 Å². The maximum atomic E-state index is 4.89. The van der Waals surface area contributed by atoms with Crippen molar-refractivity contribution in [1.29, 1.82) is 0 Å². The van der Waals surface area contributed by atoms with Crippen molar-refractivity contribution >= 4 is 23.5 Å². The van der Waals surface area contributed by atoms with Crippen molar-refractivity contribution in [2.24, 2.45) is 0 Å². The van der Waals surface area contributed by atoms with Gasteiger partial charge in [0.2, 0.25) is 0 Å².